The molecule has 1 amide bonds. The van der Waals surface area contributed by atoms with Crippen molar-refractivity contribution in [3.63, 3.8) is 0 Å². The molecular weight excluding hydrogens is 311 g/mol. The lowest BCUT2D eigenvalue weighted by Crippen LogP contribution is -2.21. The van der Waals surface area contributed by atoms with E-state index in [4.69, 9.17) is 0 Å². The number of rotatable bonds is 6. The molecule has 0 atom stereocenters. The highest BCUT2D eigenvalue weighted by Crippen LogP contribution is 2.21. The Morgan fingerprint density at radius 1 is 1.13 bits per heavy atom. The van der Waals surface area contributed by atoms with Crippen molar-refractivity contribution >= 4 is 33.0 Å². The molecule has 3 nitrogen and oxygen atoms in total. The van der Waals surface area contributed by atoms with Gasteiger partial charge < -0.3 is 10.6 Å². The van der Waals surface area contributed by atoms with Gasteiger partial charge >= 0.3 is 0 Å². The molecule has 0 radical (unpaired) electrons. The van der Waals surface area contributed by atoms with Crippen molar-refractivity contribution in [2.24, 2.45) is 0 Å². The summed E-state index contributed by atoms with van der Waals surface area (Å²) in [6.07, 6.45) is 0.301. The summed E-state index contributed by atoms with van der Waals surface area (Å²) >= 11 is 1.73. The number of carbonyl (C=O) groups is 1. The van der Waals surface area contributed by atoms with Gasteiger partial charge in [0.2, 0.25) is 5.91 Å². The average Bonchev–Trinajstić information content (AvgIpc) is 3.01. The molecule has 0 aliphatic heterocycles. The molecular formula is C18H17FN2OS. The van der Waals surface area contributed by atoms with E-state index in [9.17, 15) is 9.18 Å². The van der Waals surface area contributed by atoms with Crippen LogP contribution >= 0.6 is 11.3 Å². The van der Waals surface area contributed by atoms with Crippen LogP contribution in [0.15, 0.2) is 53.9 Å². The van der Waals surface area contributed by atoms with Crippen LogP contribution in [0.2, 0.25) is 0 Å². The highest BCUT2D eigenvalue weighted by atomic mass is 32.1. The van der Waals surface area contributed by atoms with Crippen LogP contribution in [0.5, 0.6) is 0 Å². The summed E-state index contributed by atoms with van der Waals surface area (Å²) in [5, 5.41) is 9.14. The Kier molecular flexibility index (Phi) is 5.00. The normalized spacial score (nSPS) is 10.8. The zero-order chi connectivity index (χ0) is 16.1. The summed E-state index contributed by atoms with van der Waals surface area (Å²) in [5.41, 5.74) is 1.41. The molecule has 23 heavy (non-hydrogen) atoms. The molecule has 0 aliphatic carbocycles. The van der Waals surface area contributed by atoms with Crippen LogP contribution < -0.4 is 10.6 Å². The van der Waals surface area contributed by atoms with Gasteiger partial charge in [-0.25, -0.2) is 4.39 Å². The number of hydrogen-bond acceptors (Lipinski definition) is 3. The van der Waals surface area contributed by atoms with Gasteiger partial charge in [0.1, 0.15) is 5.82 Å². The third kappa shape index (κ3) is 4.15. The number of halogens is 1. The average molecular weight is 328 g/mol. The molecule has 0 saturated carbocycles. The van der Waals surface area contributed by atoms with Crippen LogP contribution in [0.3, 0.4) is 0 Å². The van der Waals surface area contributed by atoms with Gasteiger partial charge in [0.25, 0.3) is 0 Å². The Morgan fingerprint density at radius 2 is 2.00 bits per heavy atom. The first-order chi connectivity index (χ1) is 11.2. The summed E-state index contributed by atoms with van der Waals surface area (Å²) in [6, 6.07) is 14.6. The molecule has 2 aromatic carbocycles. The lowest BCUT2D eigenvalue weighted by Gasteiger charge is -2.07. The molecule has 3 rings (SSSR count). The molecule has 1 heterocycles. The molecule has 5 heteroatoms. The second-order valence-electron chi connectivity index (χ2n) is 5.25. The zero-order valence-electron chi connectivity index (χ0n) is 12.5. The van der Waals surface area contributed by atoms with Crippen LogP contribution in [0, 0.1) is 5.82 Å². The number of benzene rings is 2. The van der Waals surface area contributed by atoms with Crippen LogP contribution in [0.4, 0.5) is 10.1 Å². The standard InChI is InChI=1S/C18H17FN2OS/c19-15-3-1-2-4-16(15)21-18(22)7-9-20-12-13-5-6-17-14(11-13)8-10-23-17/h1-6,8,10-11,20H,7,9,12H2,(H,21,22). The summed E-state index contributed by atoms with van der Waals surface area (Å²) in [4.78, 5) is 11.8. The van der Waals surface area contributed by atoms with E-state index < -0.39 is 5.82 Å². The largest absolute Gasteiger partial charge is 0.324 e. The lowest BCUT2D eigenvalue weighted by molar-refractivity contribution is -0.116. The maximum absolute atomic E-state index is 13.4. The molecule has 0 spiro atoms. The summed E-state index contributed by atoms with van der Waals surface area (Å²) in [5.74, 6) is -0.617. The second-order valence-corrected chi connectivity index (χ2v) is 6.20. The number of carbonyl (C=O) groups excluding carboxylic acids is 1. The predicted molar refractivity (Wildman–Crippen MR) is 93.2 cm³/mol. The smallest absolute Gasteiger partial charge is 0.225 e. The molecule has 1 aromatic heterocycles. The van der Waals surface area contributed by atoms with Crippen LogP contribution in [0.1, 0.15) is 12.0 Å². The van der Waals surface area contributed by atoms with Crippen LogP contribution in [0.25, 0.3) is 10.1 Å². The van der Waals surface area contributed by atoms with E-state index in [1.165, 1.54) is 21.7 Å². The SMILES string of the molecule is O=C(CCNCc1ccc2sccc2c1)Nc1ccccc1F. The number of nitrogens with one attached hydrogen (secondary N) is 2. The Labute approximate surface area is 138 Å². The topological polar surface area (TPSA) is 41.1 Å². The number of hydrogen-bond donors (Lipinski definition) is 2. The number of amides is 1. The number of fused-ring (bicyclic) bond motifs is 1. The van der Waals surface area contributed by atoms with Gasteiger partial charge in [-0.05, 0) is 46.7 Å². The Bertz CT molecular complexity index is 815. The third-order valence-electron chi connectivity index (χ3n) is 3.52. The Morgan fingerprint density at radius 3 is 2.87 bits per heavy atom. The van der Waals surface area contributed by atoms with Crippen LogP contribution in [-0.4, -0.2) is 12.5 Å². The first-order valence-electron chi connectivity index (χ1n) is 7.43. The molecule has 0 unspecified atom stereocenters. The highest BCUT2D eigenvalue weighted by molar-refractivity contribution is 7.17. The molecule has 2 N–H and O–H groups in total. The zero-order valence-corrected chi connectivity index (χ0v) is 13.3. The van der Waals surface area contributed by atoms with E-state index in [0.717, 1.165) is 0 Å². The molecule has 3 aromatic rings. The maximum Gasteiger partial charge on any atom is 0.225 e. The third-order valence-corrected chi connectivity index (χ3v) is 4.42. The monoisotopic (exact) mass is 328 g/mol. The van der Waals surface area contributed by atoms with E-state index in [1.807, 2.05) is 0 Å². The van der Waals surface area contributed by atoms with E-state index >= 15 is 0 Å². The highest BCUT2D eigenvalue weighted by Gasteiger charge is 2.05. The number of anilines is 1. The molecule has 0 aliphatic rings. The van der Waals surface area contributed by atoms with Gasteiger partial charge in [-0.2, -0.15) is 0 Å². The van der Waals surface area contributed by atoms with E-state index in [1.54, 1.807) is 29.5 Å². The van der Waals surface area contributed by atoms with Crippen molar-refractivity contribution in [1.82, 2.24) is 5.32 Å². The fourth-order valence-corrected chi connectivity index (χ4v) is 3.11. The minimum absolute atomic E-state index is 0.198. The van der Waals surface area contributed by atoms with E-state index in [0.29, 0.717) is 19.5 Å². The van der Waals surface area contributed by atoms with Crippen LogP contribution in [-0.2, 0) is 11.3 Å². The summed E-state index contributed by atoms with van der Waals surface area (Å²) in [6.45, 7) is 1.25. The second kappa shape index (κ2) is 7.35. The van der Waals surface area contributed by atoms with Crippen molar-refractivity contribution in [2.45, 2.75) is 13.0 Å². The molecule has 0 fully saturated rings. The van der Waals surface area contributed by atoms with Gasteiger partial charge in [-0.3, -0.25) is 4.79 Å². The molecule has 118 valence electrons. The minimum Gasteiger partial charge on any atom is -0.324 e. The van der Waals surface area contributed by atoms with E-state index in [-0.39, 0.29) is 11.6 Å². The Hall–Kier alpha value is -2.24. The van der Waals surface area contributed by atoms with Crippen molar-refractivity contribution in [3.05, 3.63) is 65.3 Å². The maximum atomic E-state index is 13.4. The van der Waals surface area contributed by atoms with Crippen molar-refractivity contribution < 1.29 is 9.18 Å². The van der Waals surface area contributed by atoms with Gasteiger partial charge in [-0.15, -0.1) is 11.3 Å². The van der Waals surface area contributed by atoms with Gasteiger partial charge in [0.05, 0.1) is 5.69 Å². The van der Waals surface area contributed by atoms with Crippen molar-refractivity contribution in [3.8, 4) is 0 Å². The fraction of sp³-hybridized carbons (Fsp3) is 0.167. The minimum atomic E-state index is -0.419. The first-order valence-corrected chi connectivity index (χ1v) is 8.31. The molecule has 0 bridgehead atoms. The number of para-hydroxylation sites is 1. The van der Waals surface area contributed by atoms with Crippen molar-refractivity contribution in [1.29, 1.82) is 0 Å². The lowest BCUT2D eigenvalue weighted by atomic mass is 10.1. The Balaban J connectivity index is 1.44. The number of thiophene rings is 1. The molecule has 0 saturated heterocycles. The van der Waals surface area contributed by atoms with Gasteiger partial charge in [0, 0.05) is 24.2 Å². The van der Waals surface area contributed by atoms with E-state index in [2.05, 4.69) is 40.3 Å². The summed E-state index contributed by atoms with van der Waals surface area (Å²) < 4.78 is 14.7. The quantitative estimate of drug-likeness (QED) is 0.667. The van der Waals surface area contributed by atoms with Gasteiger partial charge in [-0.1, -0.05) is 18.2 Å². The van der Waals surface area contributed by atoms with Crippen molar-refractivity contribution in [2.75, 3.05) is 11.9 Å². The predicted octanol–water partition coefficient (Wildman–Crippen LogP) is 4.16. The van der Waals surface area contributed by atoms with Gasteiger partial charge in [0.15, 0.2) is 0 Å². The fourth-order valence-electron chi connectivity index (χ4n) is 2.34. The first kappa shape index (κ1) is 15.6. The summed E-state index contributed by atoms with van der Waals surface area (Å²) in [7, 11) is 0.